The number of hydrogen-bond acceptors (Lipinski definition) is 4. The zero-order chi connectivity index (χ0) is 19.5. The Balaban J connectivity index is 2.28. The lowest BCUT2D eigenvalue weighted by molar-refractivity contribution is -0.140. The molecule has 0 spiro atoms. The van der Waals surface area contributed by atoms with E-state index in [0.717, 1.165) is 16.7 Å². The molecule has 7 heteroatoms. The molecule has 0 heterocycles. The van der Waals surface area contributed by atoms with Crippen molar-refractivity contribution >= 4 is 21.7 Å². The van der Waals surface area contributed by atoms with Gasteiger partial charge in [0.15, 0.2) is 0 Å². The van der Waals surface area contributed by atoms with Gasteiger partial charge in [-0.2, -0.15) is 4.72 Å². The molecule has 2 atom stereocenters. The van der Waals surface area contributed by atoms with Crippen LogP contribution in [0.5, 0.6) is 0 Å². The molecule has 4 N–H and O–H groups in total. The molecule has 0 fully saturated rings. The fourth-order valence-electron chi connectivity index (χ4n) is 2.53. The first-order valence-corrected chi connectivity index (χ1v) is 9.85. The molecule has 0 aliphatic heterocycles. The number of carboxylic acid groups (broad SMARTS) is 1. The molecule has 0 aromatic heterocycles. The molecular weight excluding hydrogens is 352 g/mol. The Bertz CT molecular complexity index is 892. The molecule has 6 nitrogen and oxygen atoms in total. The van der Waals surface area contributed by atoms with Crippen LogP contribution in [0.2, 0.25) is 0 Å². The third kappa shape index (κ3) is 4.42. The minimum absolute atomic E-state index is 0.0240. The second-order valence-corrected chi connectivity index (χ2v) is 8.13. The summed E-state index contributed by atoms with van der Waals surface area (Å²) in [5, 5.41) is 9.29. The fraction of sp³-hybridized carbons (Fsp3) is 0.316. The molecule has 0 aliphatic carbocycles. The van der Waals surface area contributed by atoms with Gasteiger partial charge in [-0.1, -0.05) is 44.5 Å². The highest BCUT2D eigenvalue weighted by Crippen LogP contribution is 2.25. The smallest absolute Gasteiger partial charge is 0.322 e. The SMILES string of the molecule is CCC(C)C(NS(=O)(=O)c1ccc(-c2ccc(C)c(N)c2)cc1)C(=O)O. The molecule has 0 saturated carbocycles. The number of aryl methyl sites for hydroxylation is 1. The van der Waals surface area contributed by atoms with Gasteiger partial charge in [0.1, 0.15) is 6.04 Å². The van der Waals surface area contributed by atoms with Crippen LogP contribution in [0.4, 0.5) is 5.69 Å². The van der Waals surface area contributed by atoms with E-state index in [1.807, 2.05) is 32.0 Å². The number of hydrogen-bond donors (Lipinski definition) is 3. The predicted molar refractivity (Wildman–Crippen MR) is 102 cm³/mol. The average Bonchev–Trinajstić information content (AvgIpc) is 2.61. The highest BCUT2D eigenvalue weighted by molar-refractivity contribution is 7.89. The Kier molecular flexibility index (Phi) is 6.05. The first-order valence-electron chi connectivity index (χ1n) is 8.37. The lowest BCUT2D eigenvalue weighted by atomic mass is 10.0. The van der Waals surface area contributed by atoms with Gasteiger partial charge in [-0.05, 0) is 47.7 Å². The van der Waals surface area contributed by atoms with Crippen LogP contribution in [0, 0.1) is 12.8 Å². The highest BCUT2D eigenvalue weighted by atomic mass is 32.2. The van der Waals surface area contributed by atoms with E-state index in [4.69, 9.17) is 5.73 Å². The third-order valence-electron chi connectivity index (χ3n) is 4.54. The van der Waals surface area contributed by atoms with E-state index >= 15 is 0 Å². The Hall–Kier alpha value is -2.38. The molecule has 2 aromatic rings. The Morgan fingerprint density at radius 3 is 2.23 bits per heavy atom. The van der Waals surface area contributed by atoms with Gasteiger partial charge in [0.05, 0.1) is 4.90 Å². The monoisotopic (exact) mass is 376 g/mol. The van der Waals surface area contributed by atoms with Crippen molar-refractivity contribution in [1.82, 2.24) is 4.72 Å². The van der Waals surface area contributed by atoms with Gasteiger partial charge in [-0.15, -0.1) is 0 Å². The number of carboxylic acids is 1. The molecule has 2 aromatic carbocycles. The van der Waals surface area contributed by atoms with Crippen molar-refractivity contribution in [2.24, 2.45) is 5.92 Å². The molecule has 140 valence electrons. The Labute approximate surface area is 154 Å². The summed E-state index contributed by atoms with van der Waals surface area (Å²) in [5.74, 6) is -1.51. The van der Waals surface area contributed by atoms with Gasteiger partial charge >= 0.3 is 5.97 Å². The number of anilines is 1. The van der Waals surface area contributed by atoms with E-state index < -0.39 is 22.0 Å². The lowest BCUT2D eigenvalue weighted by Gasteiger charge is -2.20. The van der Waals surface area contributed by atoms with E-state index in [-0.39, 0.29) is 10.8 Å². The maximum atomic E-state index is 12.5. The van der Waals surface area contributed by atoms with Crippen LogP contribution in [-0.4, -0.2) is 25.5 Å². The van der Waals surface area contributed by atoms with Crippen molar-refractivity contribution in [3.63, 3.8) is 0 Å². The van der Waals surface area contributed by atoms with Crippen LogP contribution in [0.1, 0.15) is 25.8 Å². The minimum atomic E-state index is -3.93. The maximum Gasteiger partial charge on any atom is 0.322 e. The second kappa shape index (κ2) is 7.88. The maximum absolute atomic E-state index is 12.5. The Morgan fingerprint density at radius 1 is 1.15 bits per heavy atom. The van der Waals surface area contributed by atoms with Crippen molar-refractivity contribution in [2.45, 2.75) is 38.1 Å². The summed E-state index contributed by atoms with van der Waals surface area (Å²) in [6.07, 6.45) is 0.549. The van der Waals surface area contributed by atoms with Gasteiger partial charge in [-0.25, -0.2) is 8.42 Å². The largest absolute Gasteiger partial charge is 0.480 e. The molecule has 0 bridgehead atoms. The zero-order valence-electron chi connectivity index (χ0n) is 15.1. The number of carbonyl (C=O) groups is 1. The standard InChI is InChI=1S/C19H24N2O4S/c1-4-12(2)18(19(22)23)21-26(24,25)16-9-7-14(8-10-16)15-6-5-13(3)17(20)11-15/h5-12,18,21H,4,20H2,1-3H3,(H,22,23). The molecule has 0 aliphatic rings. The van der Waals surface area contributed by atoms with Crippen molar-refractivity contribution in [3.8, 4) is 11.1 Å². The molecular formula is C19H24N2O4S. The fourth-order valence-corrected chi connectivity index (χ4v) is 3.83. The quantitative estimate of drug-likeness (QED) is 0.644. The molecule has 0 amide bonds. The van der Waals surface area contributed by atoms with Crippen LogP contribution < -0.4 is 10.5 Å². The summed E-state index contributed by atoms with van der Waals surface area (Å²) in [6, 6.07) is 10.8. The van der Waals surface area contributed by atoms with Crippen LogP contribution in [-0.2, 0) is 14.8 Å². The molecule has 2 rings (SSSR count). The number of sulfonamides is 1. The third-order valence-corrected chi connectivity index (χ3v) is 6.00. The summed E-state index contributed by atoms with van der Waals surface area (Å²) < 4.78 is 27.3. The van der Waals surface area contributed by atoms with E-state index in [9.17, 15) is 18.3 Å². The van der Waals surface area contributed by atoms with Gasteiger partial charge < -0.3 is 10.8 Å². The van der Waals surface area contributed by atoms with Gasteiger partial charge in [0, 0.05) is 5.69 Å². The van der Waals surface area contributed by atoms with E-state index in [1.165, 1.54) is 12.1 Å². The van der Waals surface area contributed by atoms with Crippen LogP contribution in [0.3, 0.4) is 0 Å². The first kappa shape index (κ1) is 19.9. The summed E-state index contributed by atoms with van der Waals surface area (Å²) in [6.45, 7) is 5.43. The first-order chi connectivity index (χ1) is 12.2. The van der Waals surface area contributed by atoms with Gasteiger partial charge in [-0.3, -0.25) is 4.79 Å². The zero-order valence-corrected chi connectivity index (χ0v) is 15.9. The number of rotatable bonds is 7. The van der Waals surface area contributed by atoms with Crippen LogP contribution in [0.15, 0.2) is 47.4 Å². The molecule has 26 heavy (non-hydrogen) atoms. The average molecular weight is 376 g/mol. The van der Waals surface area contributed by atoms with Gasteiger partial charge in [0.25, 0.3) is 0 Å². The second-order valence-electron chi connectivity index (χ2n) is 6.42. The molecule has 0 saturated heterocycles. The summed E-state index contributed by atoms with van der Waals surface area (Å²) >= 11 is 0. The number of aliphatic carboxylic acids is 1. The highest BCUT2D eigenvalue weighted by Gasteiger charge is 2.29. The van der Waals surface area contributed by atoms with Crippen molar-refractivity contribution < 1.29 is 18.3 Å². The van der Waals surface area contributed by atoms with Crippen molar-refractivity contribution in [2.75, 3.05) is 5.73 Å². The van der Waals surface area contributed by atoms with E-state index in [1.54, 1.807) is 19.1 Å². The number of nitrogen functional groups attached to an aromatic ring is 1. The van der Waals surface area contributed by atoms with Crippen molar-refractivity contribution in [3.05, 3.63) is 48.0 Å². The number of nitrogens with two attached hydrogens (primary N) is 1. The summed E-state index contributed by atoms with van der Waals surface area (Å²) in [7, 11) is -3.93. The molecule has 2 unspecified atom stereocenters. The minimum Gasteiger partial charge on any atom is -0.480 e. The topological polar surface area (TPSA) is 109 Å². The molecule has 0 radical (unpaired) electrons. The predicted octanol–water partition coefficient (Wildman–Crippen LogP) is 3.02. The summed E-state index contributed by atoms with van der Waals surface area (Å²) in [4.78, 5) is 11.4. The lowest BCUT2D eigenvalue weighted by Crippen LogP contribution is -2.44. The Morgan fingerprint density at radius 2 is 1.73 bits per heavy atom. The van der Waals surface area contributed by atoms with Crippen molar-refractivity contribution in [1.29, 1.82) is 0 Å². The van der Waals surface area contributed by atoms with Crippen LogP contribution in [0.25, 0.3) is 11.1 Å². The normalized spacial score (nSPS) is 14.0. The number of nitrogens with one attached hydrogen (secondary N) is 1. The van der Waals surface area contributed by atoms with Crippen LogP contribution >= 0.6 is 0 Å². The number of benzene rings is 2. The van der Waals surface area contributed by atoms with Gasteiger partial charge in [0.2, 0.25) is 10.0 Å². The van der Waals surface area contributed by atoms with E-state index in [0.29, 0.717) is 12.1 Å². The summed E-state index contributed by atoms with van der Waals surface area (Å²) in [5.41, 5.74) is 9.27. The van der Waals surface area contributed by atoms with E-state index in [2.05, 4.69) is 4.72 Å².